The van der Waals surface area contributed by atoms with E-state index in [1.54, 1.807) is 11.8 Å². The number of nitrogens with zero attached hydrogens (tertiary/aromatic N) is 2. The van der Waals surface area contributed by atoms with Crippen LogP contribution in [0.3, 0.4) is 0 Å². The Morgan fingerprint density at radius 3 is 2.86 bits per heavy atom. The van der Waals surface area contributed by atoms with Gasteiger partial charge in [-0.1, -0.05) is 48.4 Å². The van der Waals surface area contributed by atoms with E-state index in [2.05, 4.69) is 4.98 Å². The van der Waals surface area contributed by atoms with Gasteiger partial charge in [-0.3, -0.25) is 14.5 Å². The molecular formula is C19H19ClN2O3S3. The number of fused-ring (bicyclic) bond motifs is 2. The van der Waals surface area contributed by atoms with Crippen molar-refractivity contribution in [1.29, 1.82) is 0 Å². The molecule has 0 radical (unpaired) electrons. The number of ether oxygens (including phenoxy) is 1. The van der Waals surface area contributed by atoms with Crippen LogP contribution in [0, 0.1) is 11.8 Å². The van der Waals surface area contributed by atoms with Crippen molar-refractivity contribution in [3.05, 3.63) is 17.2 Å². The molecule has 28 heavy (non-hydrogen) atoms. The molecule has 2 atom stereocenters. The molecule has 9 heteroatoms. The maximum absolute atomic E-state index is 13.0. The molecule has 2 heterocycles. The third-order valence-electron chi connectivity index (χ3n) is 5.14. The largest absolute Gasteiger partial charge is 0.465 e. The molecule has 1 aliphatic carbocycles. The number of hydrogen-bond donors (Lipinski definition) is 0. The summed E-state index contributed by atoms with van der Waals surface area (Å²) in [5.74, 6) is 0.143. The van der Waals surface area contributed by atoms with E-state index in [9.17, 15) is 9.59 Å². The number of amides is 1. The number of thiocarbonyl (C=S) groups is 1. The Labute approximate surface area is 181 Å². The van der Waals surface area contributed by atoms with E-state index in [1.165, 1.54) is 23.1 Å². The van der Waals surface area contributed by atoms with Gasteiger partial charge in [-0.15, -0.1) is 11.3 Å². The lowest BCUT2D eigenvalue weighted by Gasteiger charge is -2.21. The maximum Gasteiger partial charge on any atom is 0.316 e. The Morgan fingerprint density at radius 1 is 1.39 bits per heavy atom. The highest BCUT2D eigenvalue weighted by atomic mass is 35.5. The summed E-state index contributed by atoms with van der Waals surface area (Å²) < 4.78 is 6.63. The number of carbonyl (C=O) groups is 2. The molecule has 2 unspecified atom stereocenters. The van der Waals surface area contributed by atoms with Crippen molar-refractivity contribution in [1.82, 2.24) is 4.98 Å². The third-order valence-corrected chi connectivity index (χ3v) is 8.06. The van der Waals surface area contributed by atoms with Crippen LogP contribution in [0.1, 0.15) is 32.6 Å². The van der Waals surface area contributed by atoms with E-state index in [0.29, 0.717) is 22.3 Å². The zero-order valence-electron chi connectivity index (χ0n) is 15.3. The number of rotatable bonds is 5. The summed E-state index contributed by atoms with van der Waals surface area (Å²) in [5.41, 5.74) is 1.37. The minimum absolute atomic E-state index is 0.0147. The number of thioether (sulfide) groups is 1. The standard InChI is InChI=1S/C19H19ClN2O3S3/c1-2-25-16(23)9-27-19-21-13-8-14(12(20)7-15(13)28-19)22-17(24)10-5-3-4-6-11(10)18(22)26/h7-8,10-11H,2-6,9H2,1H3. The number of thiazole rings is 1. The topological polar surface area (TPSA) is 59.5 Å². The molecule has 1 aromatic heterocycles. The van der Waals surface area contributed by atoms with E-state index >= 15 is 0 Å². The first kappa shape index (κ1) is 20.1. The first-order valence-electron chi connectivity index (χ1n) is 9.26. The summed E-state index contributed by atoms with van der Waals surface area (Å²) in [5, 5.41) is 0.493. The lowest BCUT2D eigenvalue weighted by atomic mass is 9.81. The van der Waals surface area contributed by atoms with E-state index in [1.807, 2.05) is 12.1 Å². The van der Waals surface area contributed by atoms with Gasteiger partial charge < -0.3 is 4.74 Å². The highest BCUT2D eigenvalue weighted by Crippen LogP contribution is 2.44. The van der Waals surface area contributed by atoms with Crippen molar-refractivity contribution in [2.75, 3.05) is 17.3 Å². The zero-order valence-corrected chi connectivity index (χ0v) is 18.5. The van der Waals surface area contributed by atoms with Gasteiger partial charge in [0.15, 0.2) is 4.34 Å². The number of anilines is 1. The molecule has 2 aliphatic rings. The van der Waals surface area contributed by atoms with Gasteiger partial charge in [-0.2, -0.15) is 0 Å². The van der Waals surface area contributed by atoms with Crippen LogP contribution < -0.4 is 4.90 Å². The second kappa shape index (κ2) is 8.26. The average Bonchev–Trinajstić information content (AvgIpc) is 3.18. The first-order valence-corrected chi connectivity index (χ1v) is 11.8. The van der Waals surface area contributed by atoms with Crippen LogP contribution in [0.5, 0.6) is 0 Å². The van der Waals surface area contributed by atoms with Crippen LogP contribution in [0.15, 0.2) is 16.5 Å². The molecule has 1 aliphatic heterocycles. The molecule has 0 spiro atoms. The van der Waals surface area contributed by atoms with Crippen molar-refractivity contribution in [2.24, 2.45) is 11.8 Å². The van der Waals surface area contributed by atoms with Crippen molar-refractivity contribution in [3.63, 3.8) is 0 Å². The van der Waals surface area contributed by atoms with E-state index in [0.717, 1.165) is 40.2 Å². The molecule has 0 N–H and O–H groups in total. The predicted molar refractivity (Wildman–Crippen MR) is 118 cm³/mol. The summed E-state index contributed by atoms with van der Waals surface area (Å²) in [6.45, 7) is 2.15. The first-order chi connectivity index (χ1) is 13.5. The number of carbonyl (C=O) groups excluding carboxylic acids is 2. The second-order valence-corrected chi connectivity index (χ2v) is 9.93. The van der Waals surface area contributed by atoms with Gasteiger partial charge in [-0.25, -0.2) is 4.98 Å². The van der Waals surface area contributed by atoms with Gasteiger partial charge in [0.25, 0.3) is 0 Å². The smallest absolute Gasteiger partial charge is 0.316 e. The highest BCUT2D eigenvalue weighted by molar-refractivity contribution is 8.01. The molecule has 1 aromatic carbocycles. The van der Waals surface area contributed by atoms with Gasteiger partial charge in [0.1, 0.15) is 0 Å². The minimum atomic E-state index is -0.263. The fourth-order valence-electron chi connectivity index (χ4n) is 3.87. The Morgan fingerprint density at radius 2 is 2.14 bits per heavy atom. The summed E-state index contributed by atoms with van der Waals surface area (Å²) >= 11 is 15.0. The van der Waals surface area contributed by atoms with E-state index in [4.69, 9.17) is 28.6 Å². The van der Waals surface area contributed by atoms with Crippen molar-refractivity contribution >= 4 is 79.7 Å². The fourth-order valence-corrected chi connectivity index (χ4v) is 6.54. The van der Waals surface area contributed by atoms with Crippen molar-refractivity contribution < 1.29 is 14.3 Å². The molecule has 5 nitrogen and oxygen atoms in total. The maximum atomic E-state index is 13.0. The third kappa shape index (κ3) is 3.67. The van der Waals surface area contributed by atoms with E-state index < -0.39 is 0 Å². The molecule has 1 amide bonds. The molecule has 0 bridgehead atoms. The molecular weight excluding hydrogens is 436 g/mol. The summed E-state index contributed by atoms with van der Waals surface area (Å²) in [7, 11) is 0. The van der Waals surface area contributed by atoms with Gasteiger partial charge in [0, 0.05) is 11.8 Å². The fraction of sp³-hybridized carbons (Fsp3) is 0.474. The number of halogens is 1. The Balaban J connectivity index is 1.61. The SMILES string of the molecule is CCOC(=O)CSc1nc2cc(N3C(=O)C4CCCCC4C3=S)c(Cl)cc2s1. The van der Waals surface area contributed by atoms with Crippen LogP contribution >= 0.6 is 46.9 Å². The van der Waals surface area contributed by atoms with Crippen molar-refractivity contribution in [2.45, 2.75) is 36.9 Å². The number of esters is 1. The molecule has 1 saturated carbocycles. The van der Waals surface area contributed by atoms with Gasteiger partial charge in [0.05, 0.1) is 38.3 Å². The zero-order chi connectivity index (χ0) is 19.8. The Bertz CT molecular complexity index is 937. The molecule has 4 rings (SSSR count). The molecule has 1 saturated heterocycles. The van der Waals surface area contributed by atoms with Gasteiger partial charge >= 0.3 is 5.97 Å². The number of benzene rings is 1. The molecule has 148 valence electrons. The lowest BCUT2D eigenvalue weighted by molar-refractivity contribution is -0.139. The Hall–Kier alpha value is -1.22. The van der Waals surface area contributed by atoms with Crippen LogP contribution in [-0.4, -0.2) is 34.2 Å². The normalized spacial score (nSPS) is 22.0. The Kier molecular flexibility index (Phi) is 5.92. The quantitative estimate of drug-likeness (QED) is 0.356. The van der Waals surface area contributed by atoms with E-state index in [-0.39, 0.29) is 29.5 Å². The second-order valence-electron chi connectivity index (χ2n) is 6.85. The number of hydrogen-bond acceptors (Lipinski definition) is 7. The average molecular weight is 455 g/mol. The lowest BCUT2D eigenvalue weighted by Crippen LogP contribution is -2.30. The summed E-state index contributed by atoms with van der Waals surface area (Å²) in [6, 6.07) is 3.67. The van der Waals surface area contributed by atoms with Crippen LogP contribution in [0.4, 0.5) is 5.69 Å². The van der Waals surface area contributed by atoms with Gasteiger partial charge in [0.2, 0.25) is 5.91 Å². The van der Waals surface area contributed by atoms with Gasteiger partial charge in [-0.05, 0) is 31.9 Å². The molecule has 2 aromatic rings. The summed E-state index contributed by atoms with van der Waals surface area (Å²) in [4.78, 5) is 31.5. The van der Waals surface area contributed by atoms with Crippen LogP contribution in [0.2, 0.25) is 5.02 Å². The monoisotopic (exact) mass is 454 g/mol. The molecule has 2 fully saturated rings. The number of aromatic nitrogens is 1. The van der Waals surface area contributed by atoms with Crippen LogP contribution in [-0.2, 0) is 14.3 Å². The summed E-state index contributed by atoms with van der Waals surface area (Å²) in [6.07, 6.45) is 4.05. The minimum Gasteiger partial charge on any atom is -0.465 e. The highest BCUT2D eigenvalue weighted by Gasteiger charge is 2.46. The van der Waals surface area contributed by atoms with Crippen molar-refractivity contribution in [3.8, 4) is 0 Å². The van der Waals surface area contributed by atoms with Crippen LogP contribution in [0.25, 0.3) is 10.2 Å². The predicted octanol–water partition coefficient (Wildman–Crippen LogP) is 5.09.